The van der Waals surface area contributed by atoms with E-state index in [1.807, 2.05) is 19.1 Å². The summed E-state index contributed by atoms with van der Waals surface area (Å²) in [5, 5.41) is 3.16. The fraction of sp³-hybridized carbons (Fsp3) is 0.421. The van der Waals surface area contributed by atoms with Crippen molar-refractivity contribution >= 4 is 17.2 Å². The molecule has 0 atom stereocenters. The molecule has 1 aliphatic rings. The van der Waals surface area contributed by atoms with Crippen LogP contribution in [0.5, 0.6) is 0 Å². The van der Waals surface area contributed by atoms with Gasteiger partial charge in [0.25, 0.3) is 5.91 Å². The molecule has 23 heavy (non-hydrogen) atoms. The summed E-state index contributed by atoms with van der Waals surface area (Å²) in [6.07, 6.45) is 1.89. The van der Waals surface area contributed by atoms with E-state index in [0.717, 1.165) is 35.8 Å². The highest BCUT2D eigenvalue weighted by Crippen LogP contribution is 2.36. The number of carbonyl (C=O) groups is 1. The summed E-state index contributed by atoms with van der Waals surface area (Å²) in [4.78, 5) is 14.4. The van der Waals surface area contributed by atoms with Crippen molar-refractivity contribution in [1.82, 2.24) is 5.32 Å². The van der Waals surface area contributed by atoms with Gasteiger partial charge in [0.15, 0.2) is 0 Å². The van der Waals surface area contributed by atoms with Crippen molar-refractivity contribution in [2.45, 2.75) is 32.1 Å². The number of hydrogen-bond acceptors (Lipinski definition) is 3. The van der Waals surface area contributed by atoms with E-state index in [9.17, 15) is 4.79 Å². The van der Waals surface area contributed by atoms with Crippen LogP contribution in [0.1, 0.15) is 38.5 Å². The maximum atomic E-state index is 12.4. The second-order valence-electron chi connectivity index (χ2n) is 6.30. The van der Waals surface area contributed by atoms with E-state index < -0.39 is 0 Å². The number of ether oxygens (including phenoxy) is 1. The van der Waals surface area contributed by atoms with Gasteiger partial charge in [0.05, 0.1) is 4.88 Å². The minimum atomic E-state index is -0.0223. The number of nitrogens with one attached hydrogen (secondary N) is 1. The largest absolute Gasteiger partial charge is 0.381 e. The van der Waals surface area contributed by atoms with E-state index >= 15 is 0 Å². The van der Waals surface area contributed by atoms with E-state index in [0.29, 0.717) is 6.54 Å². The van der Waals surface area contributed by atoms with Crippen LogP contribution in [0.4, 0.5) is 0 Å². The van der Waals surface area contributed by atoms with Crippen LogP contribution in [0.2, 0.25) is 0 Å². The zero-order chi connectivity index (χ0) is 16.3. The van der Waals surface area contributed by atoms with Gasteiger partial charge in [-0.05, 0) is 49.9 Å². The normalized spacial score (nSPS) is 17.0. The van der Waals surface area contributed by atoms with Gasteiger partial charge in [0.1, 0.15) is 0 Å². The molecule has 3 rings (SSSR count). The molecule has 2 aromatic rings. The highest BCUT2D eigenvalue weighted by molar-refractivity contribution is 7.13. The number of benzene rings is 1. The Hall–Kier alpha value is -1.65. The molecule has 0 unspecified atom stereocenters. The number of carbonyl (C=O) groups excluding carboxylic acids is 1. The maximum absolute atomic E-state index is 12.4. The molecule has 0 aliphatic carbocycles. The number of hydrogen-bond donors (Lipinski definition) is 1. The van der Waals surface area contributed by atoms with Crippen LogP contribution in [-0.2, 0) is 10.2 Å². The van der Waals surface area contributed by atoms with Crippen LogP contribution < -0.4 is 5.32 Å². The van der Waals surface area contributed by atoms with Gasteiger partial charge in [-0.1, -0.05) is 24.3 Å². The van der Waals surface area contributed by atoms with E-state index in [2.05, 4.69) is 36.5 Å². The van der Waals surface area contributed by atoms with E-state index in [-0.39, 0.29) is 11.3 Å². The summed E-state index contributed by atoms with van der Waals surface area (Å²) in [6, 6.07) is 12.4. The summed E-state index contributed by atoms with van der Waals surface area (Å²) >= 11 is 1.54. The summed E-state index contributed by atoms with van der Waals surface area (Å²) < 4.78 is 5.57. The van der Waals surface area contributed by atoms with Gasteiger partial charge in [-0.3, -0.25) is 4.79 Å². The molecule has 1 N–H and O–H groups in total. The Morgan fingerprint density at radius 3 is 2.57 bits per heavy atom. The fourth-order valence-corrected chi connectivity index (χ4v) is 4.15. The lowest BCUT2D eigenvalue weighted by Gasteiger charge is -2.39. The molecule has 0 saturated carbocycles. The third-order valence-electron chi connectivity index (χ3n) is 4.72. The lowest BCUT2D eigenvalue weighted by molar-refractivity contribution is 0.0485. The van der Waals surface area contributed by atoms with Crippen LogP contribution in [0, 0.1) is 13.8 Å². The minimum absolute atomic E-state index is 0.0223. The molecule has 1 amide bonds. The number of aryl methyl sites for hydroxylation is 2. The van der Waals surface area contributed by atoms with E-state index in [1.54, 1.807) is 11.3 Å². The van der Waals surface area contributed by atoms with Crippen molar-refractivity contribution in [3.05, 3.63) is 57.3 Å². The van der Waals surface area contributed by atoms with Gasteiger partial charge >= 0.3 is 0 Å². The topological polar surface area (TPSA) is 38.3 Å². The molecule has 2 heterocycles. The fourth-order valence-electron chi connectivity index (χ4n) is 3.36. The first-order valence-corrected chi connectivity index (χ1v) is 8.91. The average molecular weight is 329 g/mol. The predicted molar refractivity (Wildman–Crippen MR) is 94.3 cm³/mol. The third-order valence-corrected chi connectivity index (χ3v) is 5.72. The first-order chi connectivity index (χ1) is 11.1. The van der Waals surface area contributed by atoms with Crippen molar-refractivity contribution in [2.24, 2.45) is 0 Å². The Bertz CT molecular complexity index is 686. The van der Waals surface area contributed by atoms with E-state index in [1.165, 1.54) is 11.1 Å². The van der Waals surface area contributed by atoms with Crippen LogP contribution in [0.15, 0.2) is 36.4 Å². The molecule has 1 saturated heterocycles. The quantitative estimate of drug-likeness (QED) is 0.925. The van der Waals surface area contributed by atoms with Gasteiger partial charge in [0, 0.05) is 30.1 Å². The van der Waals surface area contributed by atoms with Crippen molar-refractivity contribution < 1.29 is 9.53 Å². The highest BCUT2D eigenvalue weighted by atomic mass is 32.1. The molecule has 1 aromatic heterocycles. The monoisotopic (exact) mass is 329 g/mol. The number of amides is 1. The van der Waals surface area contributed by atoms with E-state index in [4.69, 9.17) is 4.74 Å². The Balaban J connectivity index is 1.80. The minimum Gasteiger partial charge on any atom is -0.381 e. The zero-order valence-corrected chi connectivity index (χ0v) is 14.5. The molecule has 1 fully saturated rings. The lowest BCUT2D eigenvalue weighted by atomic mass is 9.72. The van der Waals surface area contributed by atoms with Gasteiger partial charge < -0.3 is 10.1 Å². The maximum Gasteiger partial charge on any atom is 0.261 e. The number of rotatable bonds is 4. The zero-order valence-electron chi connectivity index (χ0n) is 13.7. The van der Waals surface area contributed by atoms with Crippen LogP contribution in [0.25, 0.3) is 0 Å². The molecule has 0 bridgehead atoms. The molecule has 0 spiro atoms. The number of thiophene rings is 1. The average Bonchev–Trinajstić information content (AvgIpc) is 3.00. The summed E-state index contributed by atoms with van der Waals surface area (Å²) in [7, 11) is 0. The smallest absolute Gasteiger partial charge is 0.261 e. The predicted octanol–water partition coefficient (Wildman–Crippen LogP) is 3.84. The molecule has 1 aliphatic heterocycles. The molecular formula is C19H23NO2S. The lowest BCUT2D eigenvalue weighted by Crippen LogP contribution is -2.44. The Labute approximate surface area is 141 Å². The van der Waals surface area contributed by atoms with Crippen molar-refractivity contribution in [2.75, 3.05) is 19.8 Å². The first kappa shape index (κ1) is 16.2. The molecular weight excluding hydrogens is 306 g/mol. The molecule has 3 nitrogen and oxygen atoms in total. The van der Waals surface area contributed by atoms with Crippen molar-refractivity contribution in [1.29, 1.82) is 0 Å². The Kier molecular flexibility index (Phi) is 4.83. The summed E-state index contributed by atoms with van der Waals surface area (Å²) in [5.74, 6) is 0.0301. The molecule has 1 aromatic carbocycles. The standard InChI is InChI=1S/C19H23NO2S/c1-14-5-3-4-6-16(14)19(9-11-22-12-10-19)13-20-18(21)17-8-7-15(2)23-17/h3-8H,9-13H2,1-2H3,(H,20,21). The summed E-state index contributed by atoms with van der Waals surface area (Å²) in [5.41, 5.74) is 2.60. The Morgan fingerprint density at radius 1 is 1.17 bits per heavy atom. The SMILES string of the molecule is Cc1ccc(C(=O)NCC2(c3ccccc3C)CCOCC2)s1. The van der Waals surface area contributed by atoms with Gasteiger partial charge in [0.2, 0.25) is 0 Å². The summed E-state index contributed by atoms with van der Waals surface area (Å²) in [6.45, 7) is 6.34. The molecule has 0 radical (unpaired) electrons. The highest BCUT2D eigenvalue weighted by Gasteiger charge is 2.35. The molecule has 122 valence electrons. The Morgan fingerprint density at radius 2 is 1.91 bits per heavy atom. The van der Waals surface area contributed by atoms with Crippen LogP contribution in [0.3, 0.4) is 0 Å². The van der Waals surface area contributed by atoms with Crippen LogP contribution in [-0.4, -0.2) is 25.7 Å². The molecule has 4 heteroatoms. The third kappa shape index (κ3) is 3.48. The van der Waals surface area contributed by atoms with Gasteiger partial charge in [-0.15, -0.1) is 11.3 Å². The van der Waals surface area contributed by atoms with Crippen LogP contribution >= 0.6 is 11.3 Å². The first-order valence-electron chi connectivity index (χ1n) is 8.09. The van der Waals surface area contributed by atoms with Gasteiger partial charge in [-0.2, -0.15) is 0 Å². The van der Waals surface area contributed by atoms with Crippen molar-refractivity contribution in [3.63, 3.8) is 0 Å². The second-order valence-corrected chi connectivity index (χ2v) is 7.59. The van der Waals surface area contributed by atoms with Crippen molar-refractivity contribution in [3.8, 4) is 0 Å². The second kappa shape index (κ2) is 6.85. The van der Waals surface area contributed by atoms with Gasteiger partial charge in [-0.25, -0.2) is 0 Å².